The van der Waals surface area contributed by atoms with E-state index >= 15 is 0 Å². The zero-order chi connectivity index (χ0) is 9.56. The maximum Gasteiger partial charge on any atom is 0.234 e. The van der Waals surface area contributed by atoms with Gasteiger partial charge in [-0.15, -0.1) is 0 Å². The van der Waals surface area contributed by atoms with E-state index in [1.807, 2.05) is 13.8 Å². The fourth-order valence-corrected chi connectivity index (χ4v) is 1.05. The van der Waals surface area contributed by atoms with Gasteiger partial charge in [-0.25, -0.2) is 0 Å². The van der Waals surface area contributed by atoms with E-state index in [4.69, 9.17) is 0 Å². The molecule has 0 aromatic heterocycles. The molecule has 3 heteroatoms. The lowest BCUT2D eigenvalue weighted by Gasteiger charge is -2.26. The highest BCUT2D eigenvalue weighted by Crippen LogP contribution is 2.01. The summed E-state index contributed by atoms with van der Waals surface area (Å²) >= 11 is 0. The van der Waals surface area contributed by atoms with Crippen LogP contribution in [0.4, 0.5) is 0 Å². The highest BCUT2D eigenvalue weighted by molar-refractivity contribution is 5.78. The molecule has 0 saturated carbocycles. The van der Waals surface area contributed by atoms with Crippen LogP contribution >= 0.6 is 0 Å². The van der Waals surface area contributed by atoms with Gasteiger partial charge in [0.2, 0.25) is 5.91 Å². The summed E-state index contributed by atoms with van der Waals surface area (Å²) in [5.74, 6) is 0.706. The maximum absolute atomic E-state index is 10.7. The third-order valence-corrected chi connectivity index (χ3v) is 1.85. The SMILES string of the molecule is CC.CC(C)C1CNC(=O)CN1. The largest absolute Gasteiger partial charge is 0.353 e. The van der Waals surface area contributed by atoms with Crippen LogP contribution in [-0.4, -0.2) is 25.0 Å². The van der Waals surface area contributed by atoms with Crippen molar-refractivity contribution in [2.24, 2.45) is 5.92 Å². The molecule has 0 bridgehead atoms. The number of hydrogen-bond acceptors (Lipinski definition) is 2. The molecule has 1 aliphatic heterocycles. The lowest BCUT2D eigenvalue weighted by atomic mass is 10.0. The Morgan fingerprint density at radius 3 is 2.33 bits per heavy atom. The van der Waals surface area contributed by atoms with Gasteiger partial charge in [-0.1, -0.05) is 27.7 Å². The van der Waals surface area contributed by atoms with Crippen molar-refractivity contribution < 1.29 is 4.79 Å². The maximum atomic E-state index is 10.7. The lowest BCUT2D eigenvalue weighted by Crippen LogP contribution is -2.53. The standard InChI is InChI=1S/C7H14N2O.C2H6/c1-5(2)6-3-9-7(10)4-8-6;1-2/h5-6,8H,3-4H2,1-2H3,(H,9,10);1-2H3. The van der Waals surface area contributed by atoms with E-state index in [2.05, 4.69) is 24.5 Å². The monoisotopic (exact) mass is 172 g/mol. The molecule has 1 unspecified atom stereocenters. The van der Waals surface area contributed by atoms with Crippen molar-refractivity contribution in [1.82, 2.24) is 10.6 Å². The first-order chi connectivity index (χ1) is 5.70. The van der Waals surface area contributed by atoms with Gasteiger partial charge in [-0.3, -0.25) is 4.79 Å². The topological polar surface area (TPSA) is 41.1 Å². The van der Waals surface area contributed by atoms with Gasteiger partial charge in [0.15, 0.2) is 0 Å². The van der Waals surface area contributed by atoms with Crippen LogP contribution in [0.25, 0.3) is 0 Å². The molecular formula is C9H20N2O. The first-order valence-corrected chi connectivity index (χ1v) is 4.70. The van der Waals surface area contributed by atoms with Crippen molar-refractivity contribution in [2.45, 2.75) is 33.7 Å². The second-order valence-electron chi connectivity index (χ2n) is 3.04. The third-order valence-electron chi connectivity index (χ3n) is 1.85. The normalized spacial score (nSPS) is 22.8. The zero-order valence-electron chi connectivity index (χ0n) is 8.48. The number of amides is 1. The van der Waals surface area contributed by atoms with Gasteiger partial charge in [0, 0.05) is 12.6 Å². The Kier molecular flexibility index (Phi) is 5.72. The molecule has 12 heavy (non-hydrogen) atoms. The summed E-state index contributed by atoms with van der Waals surface area (Å²) in [6, 6.07) is 0.456. The third kappa shape index (κ3) is 3.72. The molecule has 1 heterocycles. The summed E-state index contributed by atoms with van der Waals surface area (Å²) in [4.78, 5) is 10.7. The molecule has 1 fully saturated rings. The van der Waals surface area contributed by atoms with E-state index in [1.54, 1.807) is 0 Å². The van der Waals surface area contributed by atoms with E-state index in [1.165, 1.54) is 0 Å². The lowest BCUT2D eigenvalue weighted by molar-refractivity contribution is -0.121. The van der Waals surface area contributed by atoms with Crippen LogP contribution in [0.3, 0.4) is 0 Å². The van der Waals surface area contributed by atoms with Crippen LogP contribution in [0, 0.1) is 5.92 Å². The second-order valence-corrected chi connectivity index (χ2v) is 3.04. The molecule has 0 spiro atoms. The molecule has 1 aliphatic rings. The molecular weight excluding hydrogens is 152 g/mol. The molecule has 2 N–H and O–H groups in total. The first-order valence-electron chi connectivity index (χ1n) is 4.70. The fourth-order valence-electron chi connectivity index (χ4n) is 1.05. The minimum Gasteiger partial charge on any atom is -0.353 e. The van der Waals surface area contributed by atoms with Crippen molar-refractivity contribution in [3.05, 3.63) is 0 Å². The molecule has 0 radical (unpaired) electrons. The van der Waals surface area contributed by atoms with Crippen LogP contribution in [0.1, 0.15) is 27.7 Å². The molecule has 0 aromatic rings. The summed E-state index contributed by atoms with van der Waals surface area (Å²) in [5.41, 5.74) is 0. The quantitative estimate of drug-likeness (QED) is 0.613. The molecule has 1 rings (SSSR count). The minimum absolute atomic E-state index is 0.108. The summed E-state index contributed by atoms with van der Waals surface area (Å²) in [6.07, 6.45) is 0. The van der Waals surface area contributed by atoms with Crippen molar-refractivity contribution >= 4 is 5.91 Å². The van der Waals surface area contributed by atoms with Gasteiger partial charge < -0.3 is 10.6 Å². The summed E-state index contributed by atoms with van der Waals surface area (Å²) in [6.45, 7) is 9.55. The predicted octanol–water partition coefficient (Wildman–Crippen LogP) is 0.757. The van der Waals surface area contributed by atoms with Gasteiger partial charge in [0.05, 0.1) is 6.54 Å². The smallest absolute Gasteiger partial charge is 0.234 e. The van der Waals surface area contributed by atoms with Gasteiger partial charge in [0.25, 0.3) is 0 Å². The fraction of sp³-hybridized carbons (Fsp3) is 0.889. The zero-order valence-corrected chi connectivity index (χ0v) is 8.48. The average Bonchev–Trinajstić information content (AvgIpc) is 2.09. The van der Waals surface area contributed by atoms with Crippen molar-refractivity contribution in [3.8, 4) is 0 Å². The summed E-state index contributed by atoms with van der Waals surface area (Å²) < 4.78 is 0. The predicted molar refractivity (Wildman–Crippen MR) is 51.0 cm³/mol. The Morgan fingerprint density at radius 2 is 2.00 bits per heavy atom. The van der Waals surface area contributed by atoms with E-state index < -0.39 is 0 Å². The van der Waals surface area contributed by atoms with Gasteiger partial charge in [-0.2, -0.15) is 0 Å². The van der Waals surface area contributed by atoms with Crippen molar-refractivity contribution in [1.29, 1.82) is 0 Å². The Hall–Kier alpha value is -0.570. The van der Waals surface area contributed by atoms with Gasteiger partial charge >= 0.3 is 0 Å². The number of nitrogens with one attached hydrogen (secondary N) is 2. The number of carbonyl (C=O) groups excluding carboxylic acids is 1. The molecule has 3 nitrogen and oxygen atoms in total. The van der Waals surface area contributed by atoms with Crippen LogP contribution < -0.4 is 10.6 Å². The van der Waals surface area contributed by atoms with Gasteiger partial charge in [-0.05, 0) is 5.92 Å². The number of rotatable bonds is 1. The molecule has 0 aliphatic carbocycles. The summed E-state index contributed by atoms with van der Waals surface area (Å²) in [5, 5.41) is 5.97. The van der Waals surface area contributed by atoms with Gasteiger partial charge in [0.1, 0.15) is 0 Å². The highest BCUT2D eigenvalue weighted by atomic mass is 16.2. The Balaban J connectivity index is 0.000000561. The van der Waals surface area contributed by atoms with Crippen molar-refractivity contribution in [3.63, 3.8) is 0 Å². The van der Waals surface area contributed by atoms with E-state index in [0.717, 1.165) is 6.54 Å². The molecule has 72 valence electrons. The Labute approximate surface area is 74.9 Å². The molecule has 0 aromatic carbocycles. The number of carbonyl (C=O) groups is 1. The molecule has 1 atom stereocenters. The minimum atomic E-state index is 0.108. The average molecular weight is 172 g/mol. The Bertz CT molecular complexity index is 124. The van der Waals surface area contributed by atoms with Crippen LogP contribution in [0.15, 0.2) is 0 Å². The van der Waals surface area contributed by atoms with Crippen LogP contribution in [0.2, 0.25) is 0 Å². The number of piperazine rings is 1. The van der Waals surface area contributed by atoms with Crippen molar-refractivity contribution in [2.75, 3.05) is 13.1 Å². The van der Waals surface area contributed by atoms with E-state index in [9.17, 15) is 4.79 Å². The highest BCUT2D eigenvalue weighted by Gasteiger charge is 2.18. The summed E-state index contributed by atoms with van der Waals surface area (Å²) in [7, 11) is 0. The van der Waals surface area contributed by atoms with Crippen LogP contribution in [-0.2, 0) is 4.79 Å². The number of hydrogen-bond donors (Lipinski definition) is 2. The second kappa shape index (κ2) is 6.00. The van der Waals surface area contributed by atoms with E-state index in [-0.39, 0.29) is 5.91 Å². The first kappa shape index (κ1) is 11.4. The molecule has 1 saturated heterocycles. The molecule has 1 amide bonds. The Morgan fingerprint density at radius 1 is 1.42 bits per heavy atom. The van der Waals surface area contributed by atoms with Crippen LogP contribution in [0.5, 0.6) is 0 Å². The van der Waals surface area contributed by atoms with E-state index in [0.29, 0.717) is 18.5 Å².